The standard InChI is InChI=1S/C28H37N3O7S/c1-2-16-29-27(33)31-17-15-28(39(34,35)20-18-31,21-25(32)30-38-26-10-6-7-19-36-26)22-11-13-24(14-12-22)37-23-8-4-3-5-9-23/h3-5,8-9,11-14,26H,2,6-7,10,15-21H2,1H3,(H,29,33)(H,30,32). The van der Waals surface area contributed by atoms with Gasteiger partial charge in [-0.15, -0.1) is 0 Å². The minimum atomic E-state index is -3.88. The van der Waals surface area contributed by atoms with Crippen molar-refractivity contribution < 1.29 is 32.3 Å². The summed E-state index contributed by atoms with van der Waals surface area (Å²) in [5.74, 6) is 0.349. The number of ether oxygens (including phenoxy) is 2. The van der Waals surface area contributed by atoms with Crippen molar-refractivity contribution >= 4 is 21.8 Å². The molecule has 2 aliphatic rings. The van der Waals surface area contributed by atoms with Gasteiger partial charge < -0.3 is 19.7 Å². The third-order valence-electron chi connectivity index (χ3n) is 7.07. The van der Waals surface area contributed by atoms with Crippen LogP contribution < -0.4 is 15.5 Å². The number of carbonyl (C=O) groups excluding carboxylic acids is 2. The van der Waals surface area contributed by atoms with Gasteiger partial charge in [0.1, 0.15) is 16.2 Å². The second-order valence-corrected chi connectivity index (χ2v) is 12.3. The first-order chi connectivity index (χ1) is 18.8. The van der Waals surface area contributed by atoms with E-state index >= 15 is 0 Å². The van der Waals surface area contributed by atoms with Crippen molar-refractivity contribution in [2.24, 2.45) is 0 Å². The molecule has 2 aliphatic heterocycles. The van der Waals surface area contributed by atoms with E-state index in [9.17, 15) is 18.0 Å². The topological polar surface area (TPSA) is 123 Å². The molecule has 2 N–H and O–H groups in total. The van der Waals surface area contributed by atoms with Gasteiger partial charge in [0.2, 0.25) is 5.91 Å². The number of amides is 3. The van der Waals surface area contributed by atoms with E-state index < -0.39 is 26.8 Å². The van der Waals surface area contributed by atoms with E-state index in [1.54, 1.807) is 24.3 Å². The van der Waals surface area contributed by atoms with Crippen LogP contribution in [0.4, 0.5) is 4.79 Å². The molecule has 0 saturated carbocycles. The number of carbonyl (C=O) groups is 2. The average molecular weight is 560 g/mol. The molecule has 0 aromatic heterocycles. The smallest absolute Gasteiger partial charge is 0.317 e. The zero-order valence-corrected chi connectivity index (χ0v) is 23.1. The van der Waals surface area contributed by atoms with Crippen molar-refractivity contribution in [2.75, 3.05) is 32.0 Å². The molecule has 212 valence electrons. The van der Waals surface area contributed by atoms with Gasteiger partial charge in [-0.2, -0.15) is 0 Å². The van der Waals surface area contributed by atoms with Crippen molar-refractivity contribution in [3.05, 3.63) is 60.2 Å². The molecule has 2 fully saturated rings. The number of urea groups is 1. The first kappa shape index (κ1) is 28.8. The lowest BCUT2D eigenvalue weighted by atomic mass is 9.90. The largest absolute Gasteiger partial charge is 0.457 e. The van der Waals surface area contributed by atoms with E-state index in [0.29, 0.717) is 36.6 Å². The molecule has 2 heterocycles. The second kappa shape index (κ2) is 13.3. The molecule has 4 rings (SSSR count). The van der Waals surface area contributed by atoms with E-state index in [4.69, 9.17) is 14.3 Å². The van der Waals surface area contributed by atoms with Gasteiger partial charge in [-0.25, -0.2) is 23.5 Å². The summed E-state index contributed by atoms with van der Waals surface area (Å²) in [6.07, 6.45) is 2.41. The van der Waals surface area contributed by atoms with E-state index in [1.165, 1.54) is 4.90 Å². The molecular weight excluding hydrogens is 522 g/mol. The molecule has 0 bridgehead atoms. The monoisotopic (exact) mass is 559 g/mol. The average Bonchev–Trinajstić information content (AvgIpc) is 3.08. The van der Waals surface area contributed by atoms with Gasteiger partial charge in [-0.1, -0.05) is 37.3 Å². The zero-order chi connectivity index (χ0) is 27.7. The predicted molar refractivity (Wildman–Crippen MR) is 146 cm³/mol. The van der Waals surface area contributed by atoms with Crippen molar-refractivity contribution in [1.29, 1.82) is 0 Å². The third kappa shape index (κ3) is 7.28. The first-order valence-corrected chi connectivity index (χ1v) is 15.1. The lowest BCUT2D eigenvalue weighted by molar-refractivity contribution is -0.200. The molecule has 2 unspecified atom stereocenters. The number of nitrogens with one attached hydrogen (secondary N) is 2. The van der Waals surface area contributed by atoms with Gasteiger partial charge in [0.05, 0.1) is 12.2 Å². The van der Waals surface area contributed by atoms with Crippen LogP contribution in [0.2, 0.25) is 0 Å². The molecule has 3 amide bonds. The van der Waals surface area contributed by atoms with Crippen LogP contribution in [0.5, 0.6) is 11.5 Å². The summed E-state index contributed by atoms with van der Waals surface area (Å²) in [5.41, 5.74) is 2.87. The predicted octanol–water partition coefficient (Wildman–Crippen LogP) is 3.88. The minimum absolute atomic E-state index is 0.0445. The summed E-state index contributed by atoms with van der Waals surface area (Å²) in [7, 11) is -3.88. The van der Waals surface area contributed by atoms with Crippen molar-refractivity contribution in [3.8, 4) is 11.5 Å². The normalized spacial score (nSPS) is 22.9. The fourth-order valence-corrected chi connectivity index (χ4v) is 6.96. The van der Waals surface area contributed by atoms with E-state index in [-0.39, 0.29) is 37.7 Å². The van der Waals surface area contributed by atoms with Crippen LogP contribution in [-0.4, -0.2) is 63.5 Å². The van der Waals surface area contributed by atoms with Gasteiger partial charge in [0, 0.05) is 32.7 Å². The Bertz CT molecular complexity index is 1200. The van der Waals surface area contributed by atoms with Crippen LogP contribution in [0, 0.1) is 0 Å². The molecule has 11 heteroatoms. The number of para-hydroxylation sites is 1. The molecule has 0 aliphatic carbocycles. The van der Waals surface area contributed by atoms with E-state index in [0.717, 1.165) is 19.3 Å². The molecule has 0 spiro atoms. The lowest BCUT2D eigenvalue weighted by Gasteiger charge is -2.32. The summed E-state index contributed by atoms with van der Waals surface area (Å²) in [5, 5.41) is 2.81. The number of hydrogen-bond acceptors (Lipinski definition) is 7. The fraction of sp³-hybridized carbons (Fsp3) is 0.500. The molecular formula is C28H37N3O7S. The van der Waals surface area contributed by atoms with E-state index in [2.05, 4.69) is 10.8 Å². The maximum atomic E-state index is 13.9. The Labute approximate surface area is 229 Å². The number of hydrogen-bond donors (Lipinski definition) is 2. The highest BCUT2D eigenvalue weighted by molar-refractivity contribution is 7.92. The highest BCUT2D eigenvalue weighted by Gasteiger charge is 2.49. The molecule has 0 radical (unpaired) electrons. The zero-order valence-electron chi connectivity index (χ0n) is 22.3. The molecule has 39 heavy (non-hydrogen) atoms. The quantitative estimate of drug-likeness (QED) is 0.447. The fourth-order valence-electron chi connectivity index (χ4n) is 4.86. The van der Waals surface area contributed by atoms with Crippen molar-refractivity contribution in [3.63, 3.8) is 0 Å². The Hall–Kier alpha value is -3.15. The van der Waals surface area contributed by atoms with Gasteiger partial charge >= 0.3 is 6.03 Å². The van der Waals surface area contributed by atoms with Gasteiger partial charge in [0.15, 0.2) is 16.1 Å². The Morgan fingerprint density at radius 1 is 1.05 bits per heavy atom. The maximum Gasteiger partial charge on any atom is 0.317 e. The maximum absolute atomic E-state index is 13.9. The highest BCUT2D eigenvalue weighted by atomic mass is 32.2. The molecule has 10 nitrogen and oxygen atoms in total. The van der Waals surface area contributed by atoms with Gasteiger partial charge in [-0.3, -0.25) is 4.79 Å². The third-order valence-corrected chi connectivity index (χ3v) is 9.57. The Balaban J connectivity index is 1.58. The Morgan fingerprint density at radius 2 is 1.79 bits per heavy atom. The van der Waals surface area contributed by atoms with E-state index in [1.807, 2.05) is 37.3 Å². The van der Waals surface area contributed by atoms with Crippen LogP contribution >= 0.6 is 0 Å². The highest BCUT2D eigenvalue weighted by Crippen LogP contribution is 2.41. The number of nitrogens with zero attached hydrogens (tertiary/aromatic N) is 1. The summed E-state index contributed by atoms with van der Waals surface area (Å²) in [6, 6.07) is 15.7. The molecule has 2 saturated heterocycles. The van der Waals surface area contributed by atoms with Crippen LogP contribution in [-0.2, 0) is 29.0 Å². The summed E-state index contributed by atoms with van der Waals surface area (Å²) in [6.45, 7) is 3.22. The number of hydroxylamine groups is 1. The number of sulfone groups is 1. The molecule has 2 atom stereocenters. The van der Waals surface area contributed by atoms with Crippen LogP contribution in [0.1, 0.15) is 51.0 Å². The first-order valence-electron chi connectivity index (χ1n) is 13.5. The molecule has 2 aromatic rings. The van der Waals surface area contributed by atoms with Crippen molar-refractivity contribution in [1.82, 2.24) is 15.7 Å². The van der Waals surface area contributed by atoms with Crippen LogP contribution in [0.15, 0.2) is 54.6 Å². The number of rotatable bonds is 9. The van der Waals surface area contributed by atoms with Crippen molar-refractivity contribution in [2.45, 2.75) is 56.5 Å². The van der Waals surface area contributed by atoms with Gasteiger partial charge in [0.25, 0.3) is 0 Å². The second-order valence-electron chi connectivity index (χ2n) is 9.84. The Kier molecular flexibility index (Phi) is 9.82. The lowest BCUT2D eigenvalue weighted by Crippen LogP contribution is -2.43. The number of benzene rings is 2. The SMILES string of the molecule is CCCNC(=O)N1CCC(CC(=O)NOC2CCCCO2)(c2ccc(Oc3ccccc3)cc2)S(=O)(=O)CC1. The van der Waals surface area contributed by atoms with Crippen LogP contribution in [0.3, 0.4) is 0 Å². The summed E-state index contributed by atoms with van der Waals surface area (Å²) in [4.78, 5) is 32.8. The minimum Gasteiger partial charge on any atom is -0.457 e. The summed E-state index contributed by atoms with van der Waals surface area (Å²) < 4.78 is 37.6. The van der Waals surface area contributed by atoms with Crippen LogP contribution in [0.25, 0.3) is 0 Å². The van der Waals surface area contributed by atoms with Gasteiger partial charge in [-0.05, 0) is 55.5 Å². The Morgan fingerprint density at radius 3 is 2.49 bits per heavy atom. The molecule has 2 aromatic carbocycles. The summed E-state index contributed by atoms with van der Waals surface area (Å²) >= 11 is 0.